The van der Waals surface area contributed by atoms with Crippen LogP contribution in [-0.2, 0) is 16.0 Å². The number of carbonyl (C=O) groups excluding carboxylic acids is 2. The Hall–Kier alpha value is -2.32. The van der Waals surface area contributed by atoms with Crippen LogP contribution in [-0.4, -0.2) is 17.1 Å². The molecule has 0 aromatic heterocycles. The number of amides is 2. The average molecular weight is 516 g/mol. The minimum atomic E-state index is -0.243. The van der Waals surface area contributed by atoms with Crippen molar-refractivity contribution >= 4 is 57.5 Å². The van der Waals surface area contributed by atoms with Crippen LogP contribution >= 0.6 is 34.4 Å². The van der Waals surface area contributed by atoms with E-state index >= 15 is 0 Å². The molecule has 2 amide bonds. The van der Waals surface area contributed by atoms with E-state index in [0.29, 0.717) is 6.42 Å². The topological polar surface area (TPSA) is 58.2 Å². The summed E-state index contributed by atoms with van der Waals surface area (Å²) in [6.45, 7) is 1.88. The van der Waals surface area contributed by atoms with Gasteiger partial charge >= 0.3 is 0 Å². The van der Waals surface area contributed by atoms with Crippen molar-refractivity contribution in [2.75, 3.05) is 10.6 Å². The minimum absolute atomic E-state index is 0.0450. The summed E-state index contributed by atoms with van der Waals surface area (Å²) >= 11 is 3.71. The van der Waals surface area contributed by atoms with Crippen LogP contribution in [0, 0.1) is 3.57 Å². The Morgan fingerprint density at radius 1 is 0.862 bits per heavy atom. The normalized spacial score (nSPS) is 11.5. The molecule has 0 spiro atoms. The van der Waals surface area contributed by atoms with Crippen LogP contribution in [0.2, 0.25) is 0 Å². The number of halogens is 1. The van der Waals surface area contributed by atoms with Crippen LogP contribution in [0.1, 0.15) is 12.5 Å². The van der Waals surface area contributed by atoms with E-state index in [2.05, 4.69) is 33.2 Å². The van der Waals surface area contributed by atoms with E-state index < -0.39 is 0 Å². The summed E-state index contributed by atoms with van der Waals surface area (Å²) in [5.74, 6) is -0.0988. The highest BCUT2D eigenvalue weighted by Crippen LogP contribution is 2.26. The van der Waals surface area contributed by atoms with E-state index in [1.165, 1.54) is 11.8 Å². The molecule has 0 saturated carbocycles. The van der Waals surface area contributed by atoms with E-state index in [1.54, 1.807) is 0 Å². The highest BCUT2D eigenvalue weighted by atomic mass is 127. The Morgan fingerprint density at radius 2 is 1.45 bits per heavy atom. The van der Waals surface area contributed by atoms with E-state index in [0.717, 1.165) is 25.4 Å². The first-order valence-corrected chi connectivity index (χ1v) is 11.1. The van der Waals surface area contributed by atoms with Gasteiger partial charge in [-0.25, -0.2) is 0 Å². The van der Waals surface area contributed by atoms with Gasteiger partial charge in [-0.2, -0.15) is 0 Å². The molecule has 0 aliphatic rings. The zero-order valence-electron chi connectivity index (χ0n) is 15.9. The molecule has 3 aromatic rings. The first-order chi connectivity index (χ1) is 14.0. The van der Waals surface area contributed by atoms with Gasteiger partial charge in [0.25, 0.3) is 0 Å². The molecule has 0 aliphatic carbocycles. The Balaban J connectivity index is 1.50. The summed E-state index contributed by atoms with van der Waals surface area (Å²) in [6.07, 6.45) is 0.340. The zero-order valence-corrected chi connectivity index (χ0v) is 18.9. The van der Waals surface area contributed by atoms with Crippen molar-refractivity contribution in [2.45, 2.75) is 23.5 Å². The Morgan fingerprint density at radius 3 is 2.10 bits per heavy atom. The monoisotopic (exact) mass is 516 g/mol. The largest absolute Gasteiger partial charge is 0.326 e. The molecule has 0 radical (unpaired) electrons. The van der Waals surface area contributed by atoms with Gasteiger partial charge in [0.15, 0.2) is 0 Å². The number of hydrogen-bond donors (Lipinski definition) is 2. The lowest BCUT2D eigenvalue weighted by molar-refractivity contribution is -0.116. The van der Waals surface area contributed by atoms with Gasteiger partial charge in [-0.1, -0.05) is 30.3 Å². The minimum Gasteiger partial charge on any atom is -0.326 e. The van der Waals surface area contributed by atoms with Crippen molar-refractivity contribution in [1.29, 1.82) is 0 Å². The molecule has 0 fully saturated rings. The number of rotatable bonds is 7. The van der Waals surface area contributed by atoms with Gasteiger partial charge in [0.1, 0.15) is 0 Å². The Bertz CT molecular complexity index is 960. The Labute approximate surface area is 188 Å². The fourth-order valence-electron chi connectivity index (χ4n) is 2.64. The van der Waals surface area contributed by atoms with Crippen molar-refractivity contribution in [1.82, 2.24) is 0 Å². The Kier molecular flexibility index (Phi) is 7.71. The smallest absolute Gasteiger partial charge is 0.237 e. The lowest BCUT2D eigenvalue weighted by Crippen LogP contribution is -2.22. The molecule has 0 aliphatic heterocycles. The van der Waals surface area contributed by atoms with Gasteiger partial charge in [-0.15, -0.1) is 11.8 Å². The molecule has 4 nitrogen and oxygen atoms in total. The highest BCUT2D eigenvalue weighted by Gasteiger charge is 2.14. The third kappa shape index (κ3) is 6.90. The van der Waals surface area contributed by atoms with Crippen molar-refractivity contribution < 1.29 is 9.59 Å². The van der Waals surface area contributed by atoms with Crippen molar-refractivity contribution in [2.24, 2.45) is 0 Å². The van der Waals surface area contributed by atoms with Gasteiger partial charge in [0.2, 0.25) is 11.8 Å². The number of carbonyl (C=O) groups is 2. The molecule has 6 heteroatoms. The average Bonchev–Trinajstić information content (AvgIpc) is 2.72. The molecule has 0 heterocycles. The molecule has 1 unspecified atom stereocenters. The maximum absolute atomic E-state index is 12.4. The summed E-state index contributed by atoms with van der Waals surface area (Å²) in [4.78, 5) is 25.5. The fourth-order valence-corrected chi connectivity index (χ4v) is 3.87. The lowest BCUT2D eigenvalue weighted by atomic mass is 10.1. The van der Waals surface area contributed by atoms with E-state index in [4.69, 9.17) is 0 Å². The maximum Gasteiger partial charge on any atom is 0.237 e. The van der Waals surface area contributed by atoms with E-state index in [-0.39, 0.29) is 17.1 Å². The highest BCUT2D eigenvalue weighted by molar-refractivity contribution is 14.1. The molecule has 1 atom stereocenters. The quantitative estimate of drug-likeness (QED) is 0.318. The molecular weight excluding hydrogens is 495 g/mol. The molecule has 148 valence electrons. The van der Waals surface area contributed by atoms with Crippen molar-refractivity contribution in [3.63, 3.8) is 0 Å². The summed E-state index contributed by atoms with van der Waals surface area (Å²) in [7, 11) is 0. The first-order valence-electron chi connectivity index (χ1n) is 9.16. The maximum atomic E-state index is 12.4. The second-order valence-corrected chi connectivity index (χ2v) is 9.15. The zero-order chi connectivity index (χ0) is 20.6. The summed E-state index contributed by atoms with van der Waals surface area (Å²) in [5, 5.41) is 5.59. The second-order valence-electron chi connectivity index (χ2n) is 6.49. The number of nitrogens with one attached hydrogen (secondary N) is 2. The van der Waals surface area contributed by atoms with E-state index in [1.807, 2.05) is 85.8 Å². The van der Waals surface area contributed by atoms with Crippen LogP contribution in [0.25, 0.3) is 0 Å². The SMILES string of the molecule is CC(Sc1ccc(NC(=O)Cc2ccccc2)cc1)C(=O)Nc1ccc(I)cc1. The van der Waals surface area contributed by atoms with Crippen LogP contribution in [0.3, 0.4) is 0 Å². The molecule has 3 rings (SSSR count). The fraction of sp³-hybridized carbons (Fsp3) is 0.130. The number of hydrogen-bond acceptors (Lipinski definition) is 3. The first kappa shape index (κ1) is 21.4. The standard InChI is InChI=1S/C23H21IN2O2S/c1-16(23(28)26-20-9-7-18(24)8-10-20)29-21-13-11-19(12-14-21)25-22(27)15-17-5-3-2-4-6-17/h2-14,16H,15H2,1H3,(H,25,27)(H,26,28). The van der Waals surface area contributed by atoms with Crippen molar-refractivity contribution in [3.8, 4) is 0 Å². The van der Waals surface area contributed by atoms with Gasteiger partial charge < -0.3 is 10.6 Å². The summed E-state index contributed by atoms with van der Waals surface area (Å²) < 4.78 is 1.12. The predicted molar refractivity (Wildman–Crippen MR) is 128 cm³/mol. The van der Waals surface area contributed by atoms with Gasteiger partial charge in [0.05, 0.1) is 11.7 Å². The molecule has 3 aromatic carbocycles. The summed E-state index contributed by atoms with van der Waals surface area (Å²) in [6, 6.07) is 24.9. The van der Waals surface area contributed by atoms with Crippen LogP contribution in [0.15, 0.2) is 83.8 Å². The van der Waals surface area contributed by atoms with E-state index in [9.17, 15) is 9.59 Å². The third-order valence-electron chi connectivity index (χ3n) is 4.14. The van der Waals surface area contributed by atoms with Crippen LogP contribution < -0.4 is 10.6 Å². The molecular formula is C23H21IN2O2S. The molecule has 29 heavy (non-hydrogen) atoms. The number of anilines is 2. The third-order valence-corrected chi connectivity index (χ3v) is 5.97. The number of benzene rings is 3. The van der Waals surface area contributed by atoms with Crippen LogP contribution in [0.4, 0.5) is 11.4 Å². The van der Waals surface area contributed by atoms with Gasteiger partial charge in [-0.05, 0) is 83.6 Å². The van der Waals surface area contributed by atoms with Gasteiger partial charge in [0, 0.05) is 19.8 Å². The molecule has 0 saturated heterocycles. The van der Waals surface area contributed by atoms with Crippen molar-refractivity contribution in [3.05, 3.63) is 88.0 Å². The van der Waals surface area contributed by atoms with Gasteiger partial charge in [-0.3, -0.25) is 9.59 Å². The molecule has 2 N–H and O–H groups in total. The molecule has 0 bridgehead atoms. The summed E-state index contributed by atoms with van der Waals surface area (Å²) in [5.41, 5.74) is 2.51. The number of thioether (sulfide) groups is 1. The second kappa shape index (κ2) is 10.5. The van der Waals surface area contributed by atoms with Crippen LogP contribution in [0.5, 0.6) is 0 Å². The predicted octanol–water partition coefficient (Wildman–Crippen LogP) is 5.59. The lowest BCUT2D eigenvalue weighted by Gasteiger charge is -2.13.